The summed E-state index contributed by atoms with van der Waals surface area (Å²) < 4.78 is 44.5. The number of nitrogens with one attached hydrogen (secondary N) is 1. The molecule has 10 heteroatoms. The molecular formula is C22H22F3N3O4. The van der Waals surface area contributed by atoms with Crippen LogP contribution in [0.5, 0.6) is 0 Å². The highest BCUT2D eigenvalue weighted by molar-refractivity contribution is 6.01. The molecule has 2 saturated heterocycles. The number of alkyl halides is 3. The number of aromatic nitrogens is 1. The van der Waals surface area contributed by atoms with Gasteiger partial charge in [-0.15, -0.1) is 0 Å². The number of piperidine rings is 1. The lowest BCUT2D eigenvalue weighted by Crippen LogP contribution is -2.59. The van der Waals surface area contributed by atoms with Crippen LogP contribution < -0.4 is 5.32 Å². The second-order valence-electron chi connectivity index (χ2n) is 9.22. The number of fused-ring (bicyclic) bond motifs is 1. The summed E-state index contributed by atoms with van der Waals surface area (Å²) in [6.07, 6.45) is -2.40. The number of amides is 3. The number of halogens is 3. The average molecular weight is 449 g/mol. The van der Waals surface area contributed by atoms with E-state index in [-0.39, 0.29) is 42.4 Å². The third-order valence-electron chi connectivity index (χ3n) is 7.04. The molecule has 32 heavy (non-hydrogen) atoms. The number of likely N-dealkylation sites (tertiary alicyclic amines) is 1. The summed E-state index contributed by atoms with van der Waals surface area (Å²) in [5.74, 6) is -2.65. The van der Waals surface area contributed by atoms with E-state index in [2.05, 4.69) is 10.3 Å². The van der Waals surface area contributed by atoms with Crippen molar-refractivity contribution in [2.45, 2.75) is 50.6 Å². The molecule has 1 unspecified atom stereocenters. The quantitative estimate of drug-likeness (QED) is 0.708. The van der Waals surface area contributed by atoms with Crippen molar-refractivity contribution in [1.82, 2.24) is 15.2 Å². The summed E-state index contributed by atoms with van der Waals surface area (Å²) in [4.78, 5) is 42.3. The van der Waals surface area contributed by atoms with Crippen LogP contribution in [0.1, 0.15) is 60.7 Å². The van der Waals surface area contributed by atoms with Gasteiger partial charge in [-0.2, -0.15) is 13.2 Å². The lowest BCUT2D eigenvalue weighted by molar-refractivity contribution is -0.192. The molecule has 1 N–H and O–H groups in total. The Bertz CT molecular complexity index is 1090. The minimum atomic E-state index is -4.14. The van der Waals surface area contributed by atoms with Gasteiger partial charge in [0, 0.05) is 30.5 Å². The molecule has 3 aliphatic rings. The van der Waals surface area contributed by atoms with Gasteiger partial charge in [0.1, 0.15) is 11.4 Å². The van der Waals surface area contributed by atoms with Gasteiger partial charge in [0.2, 0.25) is 17.7 Å². The van der Waals surface area contributed by atoms with Crippen LogP contribution in [-0.2, 0) is 9.59 Å². The fourth-order valence-electron chi connectivity index (χ4n) is 5.12. The van der Waals surface area contributed by atoms with Gasteiger partial charge in [0.05, 0.1) is 5.92 Å². The number of carbonyl (C=O) groups is 3. The summed E-state index contributed by atoms with van der Waals surface area (Å²) in [5.41, 5.74) is 1.08. The third kappa shape index (κ3) is 3.65. The summed E-state index contributed by atoms with van der Waals surface area (Å²) >= 11 is 0. The highest BCUT2D eigenvalue weighted by Gasteiger charge is 2.51. The van der Waals surface area contributed by atoms with Gasteiger partial charge in [0.15, 0.2) is 5.58 Å². The molecule has 3 heterocycles. The minimum Gasteiger partial charge on any atom is -0.440 e. The van der Waals surface area contributed by atoms with Gasteiger partial charge < -0.3 is 9.32 Å². The molecular weight excluding hydrogens is 427 g/mol. The molecule has 1 aromatic heterocycles. The molecule has 1 spiro atoms. The van der Waals surface area contributed by atoms with Crippen LogP contribution in [0.3, 0.4) is 0 Å². The Morgan fingerprint density at radius 2 is 1.88 bits per heavy atom. The van der Waals surface area contributed by atoms with Gasteiger partial charge in [-0.25, -0.2) is 4.98 Å². The molecule has 5 rings (SSSR count). The standard InChI is InChI=1S/C22H22F3N3O4/c23-22(24,25)13-5-7-21(8-6-13)10-28(11-21)20(31)12-1-3-15-16(9-12)32-19(26-15)14-2-4-17(29)27-18(14)30/h1,3,9,13-14H,2,4-8,10-11H2,(H,27,29,30). The Morgan fingerprint density at radius 1 is 1.16 bits per heavy atom. The van der Waals surface area contributed by atoms with E-state index in [0.717, 1.165) is 0 Å². The Hall–Kier alpha value is -2.91. The Balaban J connectivity index is 1.25. The lowest BCUT2D eigenvalue weighted by atomic mass is 9.65. The van der Waals surface area contributed by atoms with Crippen LogP contribution in [-0.4, -0.2) is 46.9 Å². The Kier molecular flexibility index (Phi) is 4.79. The van der Waals surface area contributed by atoms with E-state index in [1.54, 1.807) is 23.1 Å². The average Bonchev–Trinajstić information content (AvgIpc) is 3.13. The maximum absolute atomic E-state index is 12.9. The molecule has 170 valence electrons. The highest BCUT2D eigenvalue weighted by Crippen LogP contribution is 2.49. The SMILES string of the molecule is O=C1CCC(c2nc3ccc(C(=O)N4CC5(CCC(C(F)(F)F)CC5)C4)cc3o2)C(=O)N1. The van der Waals surface area contributed by atoms with E-state index in [1.807, 2.05) is 0 Å². The van der Waals surface area contributed by atoms with Gasteiger partial charge in [-0.05, 0) is 50.3 Å². The zero-order valence-corrected chi connectivity index (χ0v) is 17.2. The molecule has 1 atom stereocenters. The number of nitrogens with zero attached hydrogens (tertiary/aromatic N) is 2. The smallest absolute Gasteiger partial charge is 0.391 e. The molecule has 0 radical (unpaired) electrons. The minimum absolute atomic E-state index is 0.124. The number of hydrogen-bond donors (Lipinski definition) is 1. The zero-order valence-electron chi connectivity index (χ0n) is 17.2. The first-order chi connectivity index (χ1) is 15.1. The second kappa shape index (κ2) is 7.31. The van der Waals surface area contributed by atoms with Crippen molar-refractivity contribution >= 4 is 28.8 Å². The van der Waals surface area contributed by atoms with E-state index < -0.39 is 23.9 Å². The number of benzene rings is 1. The molecule has 3 amide bonds. The van der Waals surface area contributed by atoms with Crippen molar-refractivity contribution in [3.63, 3.8) is 0 Å². The van der Waals surface area contributed by atoms with E-state index in [4.69, 9.17) is 4.42 Å². The first kappa shape index (κ1) is 21.0. The maximum atomic E-state index is 12.9. The van der Waals surface area contributed by atoms with Gasteiger partial charge >= 0.3 is 6.18 Å². The number of imide groups is 1. The first-order valence-corrected chi connectivity index (χ1v) is 10.7. The van der Waals surface area contributed by atoms with Crippen LogP contribution in [0.2, 0.25) is 0 Å². The van der Waals surface area contributed by atoms with E-state index >= 15 is 0 Å². The predicted molar refractivity (Wildman–Crippen MR) is 105 cm³/mol. The van der Waals surface area contributed by atoms with Crippen LogP contribution in [0.25, 0.3) is 11.1 Å². The number of rotatable bonds is 2. The molecule has 2 aliphatic heterocycles. The maximum Gasteiger partial charge on any atom is 0.391 e. The summed E-state index contributed by atoms with van der Waals surface area (Å²) in [6.45, 7) is 0.929. The summed E-state index contributed by atoms with van der Waals surface area (Å²) in [5, 5.41) is 2.27. The van der Waals surface area contributed by atoms with Crippen LogP contribution >= 0.6 is 0 Å². The summed E-state index contributed by atoms with van der Waals surface area (Å²) in [6, 6.07) is 4.85. The van der Waals surface area contributed by atoms with Crippen molar-refractivity contribution in [1.29, 1.82) is 0 Å². The van der Waals surface area contributed by atoms with Gasteiger partial charge in [0.25, 0.3) is 5.91 Å². The molecule has 1 aromatic carbocycles. The van der Waals surface area contributed by atoms with Crippen molar-refractivity contribution in [3.8, 4) is 0 Å². The zero-order chi connectivity index (χ0) is 22.7. The van der Waals surface area contributed by atoms with Gasteiger partial charge in [-0.3, -0.25) is 19.7 Å². The summed E-state index contributed by atoms with van der Waals surface area (Å²) in [7, 11) is 0. The lowest BCUT2D eigenvalue weighted by Gasteiger charge is -2.53. The van der Waals surface area contributed by atoms with Crippen molar-refractivity contribution in [2.75, 3.05) is 13.1 Å². The van der Waals surface area contributed by atoms with Crippen LogP contribution in [0.15, 0.2) is 22.6 Å². The van der Waals surface area contributed by atoms with E-state index in [9.17, 15) is 27.6 Å². The molecule has 1 saturated carbocycles. The third-order valence-corrected chi connectivity index (χ3v) is 7.04. The molecule has 3 fully saturated rings. The molecule has 2 aromatic rings. The largest absolute Gasteiger partial charge is 0.440 e. The molecule has 1 aliphatic carbocycles. The highest BCUT2D eigenvalue weighted by atomic mass is 19.4. The fraction of sp³-hybridized carbons (Fsp3) is 0.545. The van der Waals surface area contributed by atoms with Crippen molar-refractivity contribution in [2.24, 2.45) is 11.3 Å². The Labute approximate surface area is 181 Å². The van der Waals surface area contributed by atoms with E-state index in [0.29, 0.717) is 49.0 Å². The normalized spacial score (nSPS) is 24.0. The number of hydrogen-bond acceptors (Lipinski definition) is 5. The van der Waals surface area contributed by atoms with E-state index in [1.165, 1.54) is 0 Å². The van der Waals surface area contributed by atoms with Crippen molar-refractivity contribution in [3.05, 3.63) is 29.7 Å². The molecule has 7 nitrogen and oxygen atoms in total. The topological polar surface area (TPSA) is 92.5 Å². The monoisotopic (exact) mass is 449 g/mol. The Morgan fingerprint density at radius 3 is 2.53 bits per heavy atom. The number of oxazole rings is 1. The van der Waals surface area contributed by atoms with Crippen molar-refractivity contribution < 1.29 is 32.0 Å². The fourth-order valence-corrected chi connectivity index (χ4v) is 5.12. The second-order valence-corrected chi connectivity index (χ2v) is 9.22. The van der Waals surface area contributed by atoms with Crippen LogP contribution in [0.4, 0.5) is 13.2 Å². The molecule has 0 bridgehead atoms. The van der Waals surface area contributed by atoms with Gasteiger partial charge in [-0.1, -0.05) is 0 Å². The first-order valence-electron chi connectivity index (χ1n) is 10.7. The number of carbonyl (C=O) groups excluding carboxylic acids is 3. The van der Waals surface area contributed by atoms with Crippen LogP contribution in [0, 0.1) is 11.3 Å². The predicted octanol–water partition coefficient (Wildman–Crippen LogP) is 3.54.